The van der Waals surface area contributed by atoms with Gasteiger partial charge < -0.3 is 0 Å². The van der Waals surface area contributed by atoms with E-state index in [0.29, 0.717) is 0 Å². The minimum absolute atomic E-state index is 1.12. The molecule has 0 amide bonds. The quantitative estimate of drug-likeness (QED) is 0.221. The van der Waals surface area contributed by atoms with Crippen molar-refractivity contribution in [1.82, 2.24) is 0 Å². The Labute approximate surface area is 175 Å². The maximum atomic E-state index is 3.47. The summed E-state index contributed by atoms with van der Waals surface area (Å²) in [5.41, 5.74) is 3.97. The molecule has 27 heavy (non-hydrogen) atoms. The molecule has 0 heterocycles. The number of unbranched alkanes of at least 4 members (excludes halogenated alkanes) is 9. The van der Waals surface area contributed by atoms with Crippen molar-refractivity contribution in [3.8, 4) is 0 Å². The van der Waals surface area contributed by atoms with E-state index >= 15 is 0 Å². The third-order valence-corrected chi connectivity index (χ3v) is 5.67. The highest BCUT2D eigenvalue weighted by molar-refractivity contribution is 9.10. The lowest BCUT2D eigenvalue weighted by Gasteiger charge is -2.04. The summed E-state index contributed by atoms with van der Waals surface area (Å²) in [7, 11) is 0. The summed E-state index contributed by atoms with van der Waals surface area (Å²) in [6.45, 7) is 2.29. The lowest BCUT2D eigenvalue weighted by Crippen LogP contribution is -1.87. The summed E-state index contributed by atoms with van der Waals surface area (Å²) in [5, 5.41) is 0. The second kappa shape index (κ2) is 13.8. The molecule has 0 atom stereocenters. The molecular weight excluding hydrogens is 392 g/mol. The van der Waals surface area contributed by atoms with Crippen molar-refractivity contribution in [1.29, 1.82) is 0 Å². The number of rotatable bonds is 13. The number of aryl methyl sites for hydroxylation is 1. The van der Waals surface area contributed by atoms with Gasteiger partial charge in [0.15, 0.2) is 0 Å². The molecule has 2 aromatic carbocycles. The summed E-state index contributed by atoms with van der Waals surface area (Å²) in [5.74, 6) is 0. The predicted octanol–water partition coefficient (Wildman–Crippen LogP) is 9.08. The van der Waals surface area contributed by atoms with E-state index in [4.69, 9.17) is 0 Å². The highest BCUT2D eigenvalue weighted by Crippen LogP contribution is 2.15. The predicted molar refractivity (Wildman–Crippen MR) is 125 cm³/mol. The lowest BCUT2D eigenvalue weighted by atomic mass is 10.0. The van der Waals surface area contributed by atoms with Crippen molar-refractivity contribution in [2.45, 2.75) is 77.6 Å². The third-order valence-electron chi connectivity index (χ3n) is 5.14. The first-order valence-corrected chi connectivity index (χ1v) is 11.6. The fourth-order valence-electron chi connectivity index (χ4n) is 3.38. The molecule has 0 N–H and O–H groups in total. The van der Waals surface area contributed by atoms with Crippen LogP contribution in [0.4, 0.5) is 0 Å². The summed E-state index contributed by atoms with van der Waals surface area (Å²) in [6.07, 6.45) is 19.6. The molecule has 0 aliphatic rings. The molecular formula is C26H35Br. The van der Waals surface area contributed by atoms with Crippen molar-refractivity contribution >= 4 is 28.1 Å². The van der Waals surface area contributed by atoms with Gasteiger partial charge >= 0.3 is 0 Å². The maximum Gasteiger partial charge on any atom is 0.0175 e. The van der Waals surface area contributed by atoms with Crippen LogP contribution in [0.2, 0.25) is 0 Å². The van der Waals surface area contributed by atoms with E-state index < -0.39 is 0 Å². The zero-order valence-corrected chi connectivity index (χ0v) is 18.5. The second-order valence-corrected chi connectivity index (χ2v) is 8.47. The van der Waals surface area contributed by atoms with Gasteiger partial charge in [-0.05, 0) is 41.7 Å². The standard InChI is InChI=1S/C26H35Br/c1-2-3-4-5-6-7-8-9-10-11-12-23-13-15-24(16-14-23)17-18-25-19-21-26(27)22-20-25/h13-22H,2-12H2,1H3. The van der Waals surface area contributed by atoms with E-state index in [1.54, 1.807) is 0 Å². The van der Waals surface area contributed by atoms with Crippen LogP contribution >= 0.6 is 15.9 Å². The van der Waals surface area contributed by atoms with Gasteiger partial charge in [0.2, 0.25) is 0 Å². The van der Waals surface area contributed by atoms with Crippen LogP contribution in [0, 0.1) is 0 Å². The van der Waals surface area contributed by atoms with Crippen LogP contribution in [0.3, 0.4) is 0 Å². The molecule has 0 unspecified atom stereocenters. The largest absolute Gasteiger partial charge is 0.0654 e. The van der Waals surface area contributed by atoms with Gasteiger partial charge in [0.25, 0.3) is 0 Å². The monoisotopic (exact) mass is 426 g/mol. The Morgan fingerprint density at radius 3 is 1.56 bits per heavy atom. The molecule has 0 spiro atoms. The van der Waals surface area contributed by atoms with E-state index in [1.807, 2.05) is 0 Å². The van der Waals surface area contributed by atoms with Crippen LogP contribution in [0.25, 0.3) is 12.2 Å². The Morgan fingerprint density at radius 2 is 1.04 bits per heavy atom. The Morgan fingerprint density at radius 1 is 0.593 bits per heavy atom. The minimum atomic E-state index is 1.12. The van der Waals surface area contributed by atoms with Gasteiger partial charge in [-0.15, -0.1) is 0 Å². The fourth-order valence-corrected chi connectivity index (χ4v) is 3.64. The Bertz CT molecular complexity index is 637. The summed E-state index contributed by atoms with van der Waals surface area (Å²) >= 11 is 3.47. The zero-order chi connectivity index (χ0) is 19.2. The van der Waals surface area contributed by atoms with Crippen LogP contribution in [0.1, 0.15) is 87.8 Å². The molecule has 0 nitrogen and oxygen atoms in total. The van der Waals surface area contributed by atoms with Crippen molar-refractivity contribution in [3.63, 3.8) is 0 Å². The van der Waals surface area contributed by atoms with Gasteiger partial charge in [0, 0.05) is 4.47 Å². The van der Waals surface area contributed by atoms with Crippen molar-refractivity contribution in [2.24, 2.45) is 0 Å². The van der Waals surface area contributed by atoms with E-state index in [2.05, 4.69) is 83.5 Å². The number of halogens is 1. The molecule has 0 radical (unpaired) electrons. The van der Waals surface area contributed by atoms with E-state index in [-0.39, 0.29) is 0 Å². The molecule has 1 heteroatoms. The molecule has 0 aliphatic carbocycles. The van der Waals surface area contributed by atoms with Crippen molar-refractivity contribution in [3.05, 3.63) is 69.7 Å². The van der Waals surface area contributed by atoms with Gasteiger partial charge in [0.05, 0.1) is 0 Å². The van der Waals surface area contributed by atoms with E-state index in [0.717, 1.165) is 4.47 Å². The van der Waals surface area contributed by atoms with Crippen molar-refractivity contribution in [2.75, 3.05) is 0 Å². The molecule has 0 saturated carbocycles. The first-order chi connectivity index (χ1) is 13.3. The van der Waals surface area contributed by atoms with Gasteiger partial charge in [-0.2, -0.15) is 0 Å². The number of hydrogen-bond donors (Lipinski definition) is 0. The summed E-state index contributed by atoms with van der Waals surface area (Å²) in [4.78, 5) is 0. The molecule has 0 aliphatic heterocycles. The SMILES string of the molecule is CCCCCCCCCCCCc1ccc(C=Cc2ccc(Br)cc2)cc1. The van der Waals surface area contributed by atoms with Gasteiger partial charge in [-0.25, -0.2) is 0 Å². The smallest absolute Gasteiger partial charge is 0.0175 e. The van der Waals surface area contributed by atoms with Crippen molar-refractivity contribution < 1.29 is 0 Å². The van der Waals surface area contributed by atoms with Crippen LogP contribution < -0.4 is 0 Å². The van der Waals surface area contributed by atoms with Crippen LogP contribution in [-0.4, -0.2) is 0 Å². The topological polar surface area (TPSA) is 0 Å². The molecule has 0 aromatic heterocycles. The van der Waals surface area contributed by atoms with Crippen LogP contribution in [0.5, 0.6) is 0 Å². The van der Waals surface area contributed by atoms with Gasteiger partial charge in [0.1, 0.15) is 0 Å². The molecule has 2 rings (SSSR count). The highest BCUT2D eigenvalue weighted by atomic mass is 79.9. The van der Waals surface area contributed by atoms with E-state index in [1.165, 1.54) is 87.3 Å². The molecule has 0 saturated heterocycles. The third kappa shape index (κ3) is 9.96. The Hall–Kier alpha value is -1.34. The molecule has 0 bridgehead atoms. The first-order valence-electron chi connectivity index (χ1n) is 10.8. The van der Waals surface area contributed by atoms with Crippen LogP contribution in [0.15, 0.2) is 53.0 Å². The lowest BCUT2D eigenvalue weighted by molar-refractivity contribution is 0.556. The molecule has 2 aromatic rings. The highest BCUT2D eigenvalue weighted by Gasteiger charge is 1.96. The van der Waals surface area contributed by atoms with Crippen LogP contribution in [-0.2, 0) is 6.42 Å². The van der Waals surface area contributed by atoms with Gasteiger partial charge in [-0.1, -0.05) is 129 Å². The average Bonchev–Trinajstić information content (AvgIpc) is 2.70. The molecule has 0 fully saturated rings. The fraction of sp³-hybridized carbons (Fsp3) is 0.462. The second-order valence-electron chi connectivity index (χ2n) is 7.56. The number of benzene rings is 2. The summed E-state index contributed by atoms with van der Waals surface area (Å²) in [6, 6.07) is 17.5. The Kier molecular flexibility index (Phi) is 11.2. The minimum Gasteiger partial charge on any atom is -0.0654 e. The zero-order valence-electron chi connectivity index (χ0n) is 16.9. The first kappa shape index (κ1) is 22.0. The maximum absolute atomic E-state index is 3.47. The van der Waals surface area contributed by atoms with Gasteiger partial charge in [-0.3, -0.25) is 0 Å². The Balaban J connectivity index is 1.58. The molecule has 146 valence electrons. The summed E-state index contributed by atoms with van der Waals surface area (Å²) < 4.78 is 1.12. The van der Waals surface area contributed by atoms with E-state index in [9.17, 15) is 0 Å². The average molecular weight is 427 g/mol. The number of hydrogen-bond acceptors (Lipinski definition) is 0. The normalized spacial score (nSPS) is 11.3.